The predicted molar refractivity (Wildman–Crippen MR) is 82.2 cm³/mol. The van der Waals surface area contributed by atoms with Crippen molar-refractivity contribution in [2.75, 3.05) is 10.6 Å². The van der Waals surface area contributed by atoms with Gasteiger partial charge in [0.25, 0.3) is 0 Å². The topological polar surface area (TPSA) is 46.3 Å². The number of carbonyl (C=O) groups excluding carboxylic acids is 1. The van der Waals surface area contributed by atoms with Crippen LogP contribution in [-0.4, -0.2) is 5.91 Å². The number of anilines is 2. The summed E-state index contributed by atoms with van der Waals surface area (Å²) in [7, 11) is 0. The average molecular weight is 307 g/mol. The fourth-order valence-electron chi connectivity index (χ4n) is 2.41. The second-order valence-electron chi connectivity index (χ2n) is 4.78. The van der Waals surface area contributed by atoms with Gasteiger partial charge in [-0.05, 0) is 47.5 Å². The molecule has 1 aliphatic heterocycles. The summed E-state index contributed by atoms with van der Waals surface area (Å²) in [4.78, 5) is 13.9. The minimum absolute atomic E-state index is 0.0432. The number of carbonyl (C=O) groups is 1. The smallest absolute Gasteiger partial charge is 0.231 e. The zero-order valence-corrected chi connectivity index (χ0v) is 12.1. The maximum absolute atomic E-state index is 12.2. The van der Waals surface area contributed by atoms with Crippen LogP contribution < -0.4 is 10.6 Å². The van der Waals surface area contributed by atoms with Gasteiger partial charge >= 0.3 is 0 Å². The van der Waals surface area contributed by atoms with Crippen molar-refractivity contribution in [3.8, 4) is 0 Å². The fraction of sp³-hybridized carbons (Fsp3) is 0.133. The Hall–Kier alpha value is -1.71. The van der Waals surface area contributed by atoms with Crippen molar-refractivity contribution in [3.63, 3.8) is 0 Å². The standard InChI is InChI=1S/C15H12Cl2N2O/c16-11-1-3-13(17)10(5-11)8-19-14-4-2-12(18)6-9(14)7-15(19)20/h1-6H,7-8,18H2. The highest BCUT2D eigenvalue weighted by Gasteiger charge is 2.27. The molecule has 1 amide bonds. The van der Waals surface area contributed by atoms with Gasteiger partial charge in [0.05, 0.1) is 13.0 Å². The van der Waals surface area contributed by atoms with Gasteiger partial charge in [0.2, 0.25) is 5.91 Å². The Balaban J connectivity index is 1.96. The molecule has 0 bridgehead atoms. The Kier molecular flexibility index (Phi) is 3.32. The Morgan fingerprint density at radius 2 is 1.95 bits per heavy atom. The van der Waals surface area contributed by atoms with Crippen molar-refractivity contribution in [1.82, 2.24) is 0 Å². The van der Waals surface area contributed by atoms with Gasteiger partial charge < -0.3 is 10.6 Å². The summed E-state index contributed by atoms with van der Waals surface area (Å²) >= 11 is 12.1. The molecule has 0 saturated heterocycles. The zero-order chi connectivity index (χ0) is 14.3. The van der Waals surface area contributed by atoms with Crippen molar-refractivity contribution < 1.29 is 4.79 Å². The second kappa shape index (κ2) is 5.00. The van der Waals surface area contributed by atoms with Gasteiger partial charge in [-0.15, -0.1) is 0 Å². The van der Waals surface area contributed by atoms with Crippen LogP contribution in [0, 0.1) is 0 Å². The predicted octanol–water partition coefficient (Wildman–Crippen LogP) is 3.66. The third kappa shape index (κ3) is 2.35. The monoisotopic (exact) mass is 306 g/mol. The third-order valence-corrected chi connectivity index (χ3v) is 3.98. The van der Waals surface area contributed by atoms with Crippen LogP contribution in [0.3, 0.4) is 0 Å². The molecule has 5 heteroatoms. The van der Waals surface area contributed by atoms with E-state index in [4.69, 9.17) is 28.9 Å². The Morgan fingerprint density at radius 3 is 2.75 bits per heavy atom. The maximum atomic E-state index is 12.2. The molecule has 3 nitrogen and oxygen atoms in total. The van der Waals surface area contributed by atoms with Gasteiger partial charge in [0.15, 0.2) is 0 Å². The van der Waals surface area contributed by atoms with Gasteiger partial charge in [-0.2, -0.15) is 0 Å². The van der Waals surface area contributed by atoms with E-state index in [1.54, 1.807) is 29.2 Å². The molecule has 0 radical (unpaired) electrons. The van der Waals surface area contributed by atoms with Gasteiger partial charge in [-0.1, -0.05) is 23.2 Å². The average Bonchev–Trinajstić information content (AvgIpc) is 2.69. The minimum atomic E-state index is 0.0432. The number of amides is 1. The van der Waals surface area contributed by atoms with Crippen molar-refractivity contribution in [2.45, 2.75) is 13.0 Å². The fourth-order valence-corrected chi connectivity index (χ4v) is 2.78. The number of benzene rings is 2. The minimum Gasteiger partial charge on any atom is -0.399 e. The SMILES string of the molecule is Nc1ccc2c(c1)CC(=O)N2Cc1cc(Cl)ccc1Cl. The van der Waals surface area contributed by atoms with Crippen LogP contribution in [0.5, 0.6) is 0 Å². The lowest BCUT2D eigenvalue weighted by molar-refractivity contribution is -0.117. The van der Waals surface area contributed by atoms with Crippen molar-refractivity contribution in [3.05, 3.63) is 57.6 Å². The maximum Gasteiger partial charge on any atom is 0.231 e. The van der Waals surface area contributed by atoms with E-state index in [-0.39, 0.29) is 5.91 Å². The van der Waals surface area contributed by atoms with E-state index in [1.165, 1.54) is 0 Å². The Bertz CT molecular complexity index is 700. The first kappa shape index (κ1) is 13.3. The molecule has 0 fully saturated rings. The number of hydrogen-bond acceptors (Lipinski definition) is 2. The molecular formula is C15H12Cl2N2O. The summed E-state index contributed by atoms with van der Waals surface area (Å²) in [6.07, 6.45) is 0.374. The summed E-state index contributed by atoms with van der Waals surface area (Å²) < 4.78 is 0. The summed E-state index contributed by atoms with van der Waals surface area (Å²) in [5.41, 5.74) is 9.09. The molecule has 0 aromatic heterocycles. The lowest BCUT2D eigenvalue weighted by atomic mass is 10.1. The largest absolute Gasteiger partial charge is 0.399 e. The normalized spacial score (nSPS) is 13.7. The van der Waals surface area contributed by atoms with E-state index in [1.807, 2.05) is 12.1 Å². The van der Waals surface area contributed by atoms with Gasteiger partial charge in [0.1, 0.15) is 0 Å². The molecule has 0 unspecified atom stereocenters. The van der Waals surface area contributed by atoms with Crippen molar-refractivity contribution >= 4 is 40.5 Å². The molecule has 102 valence electrons. The first-order valence-corrected chi connectivity index (χ1v) is 6.93. The number of fused-ring (bicyclic) bond motifs is 1. The summed E-state index contributed by atoms with van der Waals surface area (Å²) in [5.74, 6) is 0.0432. The third-order valence-electron chi connectivity index (χ3n) is 3.37. The van der Waals surface area contributed by atoms with Crippen molar-refractivity contribution in [1.29, 1.82) is 0 Å². The summed E-state index contributed by atoms with van der Waals surface area (Å²) in [5, 5.41) is 1.21. The van der Waals surface area contributed by atoms with E-state index in [0.29, 0.717) is 28.7 Å². The van der Waals surface area contributed by atoms with Crippen molar-refractivity contribution in [2.24, 2.45) is 0 Å². The van der Waals surface area contributed by atoms with Gasteiger partial charge in [0, 0.05) is 21.4 Å². The molecule has 1 heterocycles. The number of nitrogen functional groups attached to an aromatic ring is 1. The first-order chi connectivity index (χ1) is 9.54. The van der Waals surface area contributed by atoms with Gasteiger partial charge in [-0.3, -0.25) is 4.79 Å². The van der Waals surface area contributed by atoms with E-state index < -0.39 is 0 Å². The number of nitrogens with two attached hydrogens (primary N) is 1. The molecule has 3 rings (SSSR count). The molecule has 0 saturated carbocycles. The highest BCUT2D eigenvalue weighted by Crippen LogP contribution is 2.33. The quantitative estimate of drug-likeness (QED) is 0.861. The molecule has 0 aliphatic carbocycles. The van der Waals surface area contributed by atoms with Crippen LogP contribution in [0.2, 0.25) is 10.0 Å². The van der Waals surface area contributed by atoms with E-state index in [0.717, 1.165) is 16.8 Å². The molecule has 1 aliphatic rings. The van der Waals surface area contributed by atoms with Crippen LogP contribution in [0.25, 0.3) is 0 Å². The molecule has 20 heavy (non-hydrogen) atoms. The first-order valence-electron chi connectivity index (χ1n) is 6.17. The molecular weight excluding hydrogens is 295 g/mol. The number of rotatable bonds is 2. The van der Waals surface area contributed by atoms with Gasteiger partial charge in [-0.25, -0.2) is 0 Å². The molecule has 2 N–H and O–H groups in total. The molecule has 0 atom stereocenters. The number of halogens is 2. The Labute approximate surface area is 126 Å². The van der Waals surface area contributed by atoms with Crippen LogP contribution in [0.15, 0.2) is 36.4 Å². The molecule has 0 spiro atoms. The van der Waals surface area contributed by atoms with Crippen LogP contribution in [-0.2, 0) is 17.8 Å². The number of hydrogen-bond donors (Lipinski definition) is 1. The van der Waals surface area contributed by atoms with Crippen LogP contribution >= 0.6 is 23.2 Å². The molecule has 2 aromatic carbocycles. The highest BCUT2D eigenvalue weighted by molar-refractivity contribution is 6.33. The molecule has 2 aromatic rings. The second-order valence-corrected chi connectivity index (χ2v) is 5.62. The lowest BCUT2D eigenvalue weighted by Gasteiger charge is -2.18. The van der Waals surface area contributed by atoms with Crippen LogP contribution in [0.1, 0.15) is 11.1 Å². The van der Waals surface area contributed by atoms with E-state index in [2.05, 4.69) is 0 Å². The van der Waals surface area contributed by atoms with E-state index in [9.17, 15) is 4.79 Å². The summed E-state index contributed by atoms with van der Waals surface area (Å²) in [6.45, 7) is 0.412. The Morgan fingerprint density at radius 1 is 1.15 bits per heavy atom. The van der Waals surface area contributed by atoms with E-state index >= 15 is 0 Å². The zero-order valence-electron chi connectivity index (χ0n) is 10.6. The van der Waals surface area contributed by atoms with Crippen LogP contribution in [0.4, 0.5) is 11.4 Å². The lowest BCUT2D eigenvalue weighted by Crippen LogP contribution is -2.26. The highest BCUT2D eigenvalue weighted by atomic mass is 35.5. The number of nitrogens with zero attached hydrogens (tertiary/aromatic N) is 1. The summed E-state index contributed by atoms with van der Waals surface area (Å²) in [6, 6.07) is 10.8.